The van der Waals surface area contributed by atoms with Crippen molar-refractivity contribution in [3.8, 4) is 0 Å². The molecule has 4 aliphatic rings. The van der Waals surface area contributed by atoms with Crippen LogP contribution in [0.3, 0.4) is 0 Å². The first-order chi connectivity index (χ1) is 14.5. The molecule has 0 amide bonds. The summed E-state index contributed by atoms with van der Waals surface area (Å²) in [7, 11) is 0. The summed E-state index contributed by atoms with van der Waals surface area (Å²) in [5.41, 5.74) is 8.19. The van der Waals surface area contributed by atoms with E-state index in [1.54, 1.807) is 0 Å². The van der Waals surface area contributed by atoms with E-state index in [1.807, 2.05) is 6.92 Å². The molecule has 5 rings (SSSR count). The van der Waals surface area contributed by atoms with Crippen molar-refractivity contribution in [3.63, 3.8) is 0 Å². The van der Waals surface area contributed by atoms with E-state index in [0.717, 1.165) is 50.5 Å². The van der Waals surface area contributed by atoms with Crippen LogP contribution in [-0.4, -0.2) is 55.1 Å². The lowest BCUT2D eigenvalue weighted by atomic mass is 9.71. The van der Waals surface area contributed by atoms with Crippen LogP contribution in [-0.2, 0) is 33.9 Å². The molecule has 5 heteroatoms. The second-order valence-electron chi connectivity index (χ2n) is 9.71. The smallest absolute Gasteiger partial charge is 0.335 e. The molecule has 2 fully saturated rings. The Bertz CT molecular complexity index is 857. The Morgan fingerprint density at radius 2 is 1.70 bits per heavy atom. The van der Waals surface area contributed by atoms with Crippen molar-refractivity contribution in [1.82, 2.24) is 9.80 Å². The van der Waals surface area contributed by atoms with Crippen LogP contribution in [0.25, 0.3) is 0 Å². The van der Waals surface area contributed by atoms with E-state index in [1.165, 1.54) is 61.0 Å². The molecule has 4 aliphatic heterocycles. The van der Waals surface area contributed by atoms with E-state index >= 15 is 0 Å². The fraction of sp³-hybridized carbons (Fsp3) is 0.640. The summed E-state index contributed by atoms with van der Waals surface area (Å²) in [6.07, 6.45) is 6.25. The number of esters is 1. The SMILES string of the molecule is CC1=C(N2CCC3(CCN(CCc4ccc5c(c4C)COC5)CC3)CC2)COC1=O. The van der Waals surface area contributed by atoms with Crippen molar-refractivity contribution in [2.75, 3.05) is 39.3 Å². The summed E-state index contributed by atoms with van der Waals surface area (Å²) < 4.78 is 10.8. The lowest BCUT2D eigenvalue weighted by Crippen LogP contribution is -2.47. The van der Waals surface area contributed by atoms with Gasteiger partial charge in [0.15, 0.2) is 0 Å². The Labute approximate surface area is 180 Å². The van der Waals surface area contributed by atoms with Gasteiger partial charge in [-0.3, -0.25) is 0 Å². The van der Waals surface area contributed by atoms with E-state index in [4.69, 9.17) is 9.47 Å². The van der Waals surface area contributed by atoms with Gasteiger partial charge < -0.3 is 19.3 Å². The highest BCUT2D eigenvalue weighted by atomic mass is 16.5. The number of fused-ring (bicyclic) bond motifs is 1. The number of carbonyl (C=O) groups is 1. The highest BCUT2D eigenvalue weighted by Gasteiger charge is 2.39. The second-order valence-corrected chi connectivity index (χ2v) is 9.71. The first-order valence-electron chi connectivity index (χ1n) is 11.6. The van der Waals surface area contributed by atoms with Crippen LogP contribution in [0.1, 0.15) is 54.9 Å². The van der Waals surface area contributed by atoms with Crippen LogP contribution in [0.2, 0.25) is 0 Å². The van der Waals surface area contributed by atoms with Crippen molar-refractivity contribution in [1.29, 1.82) is 0 Å². The summed E-state index contributed by atoms with van der Waals surface area (Å²) in [4.78, 5) is 16.7. The maximum atomic E-state index is 11.7. The number of piperidine rings is 2. The molecule has 5 nitrogen and oxygen atoms in total. The van der Waals surface area contributed by atoms with Gasteiger partial charge in [0, 0.05) is 19.6 Å². The maximum absolute atomic E-state index is 11.7. The lowest BCUT2D eigenvalue weighted by Gasteiger charge is -2.47. The van der Waals surface area contributed by atoms with Gasteiger partial charge in [0.05, 0.1) is 24.5 Å². The standard InChI is InChI=1S/C25H34N2O3/c1-18-20(3-4-21-15-29-16-22(18)21)5-10-26-11-6-25(7-12-26)8-13-27(14-9-25)23-17-30-24(28)19(23)2/h3-4H,5-17H2,1-2H3. The molecule has 1 aromatic carbocycles. The summed E-state index contributed by atoms with van der Waals surface area (Å²) in [6, 6.07) is 4.59. The Kier molecular flexibility index (Phi) is 5.36. The third-order valence-electron chi connectivity index (χ3n) is 8.21. The molecular weight excluding hydrogens is 376 g/mol. The number of nitrogens with zero attached hydrogens (tertiary/aromatic N) is 2. The zero-order valence-electron chi connectivity index (χ0n) is 18.5. The topological polar surface area (TPSA) is 42.0 Å². The van der Waals surface area contributed by atoms with Crippen molar-refractivity contribution < 1.29 is 14.3 Å². The number of carbonyl (C=O) groups excluding carboxylic acids is 1. The molecule has 30 heavy (non-hydrogen) atoms. The number of hydrogen-bond acceptors (Lipinski definition) is 5. The van der Waals surface area contributed by atoms with Crippen LogP contribution < -0.4 is 0 Å². The number of likely N-dealkylation sites (tertiary alicyclic amines) is 2. The van der Waals surface area contributed by atoms with Gasteiger partial charge in [0.25, 0.3) is 0 Å². The minimum absolute atomic E-state index is 0.135. The number of ether oxygens (including phenoxy) is 2. The highest BCUT2D eigenvalue weighted by molar-refractivity contribution is 5.90. The third-order valence-corrected chi connectivity index (χ3v) is 8.21. The number of benzene rings is 1. The minimum Gasteiger partial charge on any atom is -0.456 e. The molecule has 0 bridgehead atoms. The van der Waals surface area contributed by atoms with E-state index in [9.17, 15) is 4.79 Å². The van der Waals surface area contributed by atoms with Gasteiger partial charge in [-0.2, -0.15) is 0 Å². The van der Waals surface area contributed by atoms with Gasteiger partial charge in [-0.25, -0.2) is 4.79 Å². The zero-order valence-corrected chi connectivity index (χ0v) is 18.5. The quantitative estimate of drug-likeness (QED) is 0.710. The Hall–Kier alpha value is -1.85. The summed E-state index contributed by atoms with van der Waals surface area (Å²) in [6.45, 7) is 11.9. The molecule has 162 valence electrons. The Balaban J connectivity index is 1.12. The average molecular weight is 411 g/mol. The first kappa shape index (κ1) is 20.1. The summed E-state index contributed by atoms with van der Waals surface area (Å²) in [5.74, 6) is -0.135. The lowest BCUT2D eigenvalue weighted by molar-refractivity contribution is -0.136. The molecular formula is C25H34N2O3. The van der Waals surface area contributed by atoms with Gasteiger partial charge in [-0.05, 0) is 86.7 Å². The molecule has 0 atom stereocenters. The van der Waals surface area contributed by atoms with E-state index in [2.05, 4.69) is 28.9 Å². The molecule has 0 saturated carbocycles. The molecule has 4 heterocycles. The van der Waals surface area contributed by atoms with Gasteiger partial charge in [0.1, 0.15) is 6.61 Å². The maximum Gasteiger partial charge on any atom is 0.335 e. The molecule has 1 aromatic rings. The second kappa shape index (κ2) is 8.01. The summed E-state index contributed by atoms with van der Waals surface area (Å²) >= 11 is 0. The fourth-order valence-corrected chi connectivity index (χ4v) is 5.81. The van der Waals surface area contributed by atoms with E-state index in [0.29, 0.717) is 12.0 Å². The van der Waals surface area contributed by atoms with E-state index < -0.39 is 0 Å². The van der Waals surface area contributed by atoms with Crippen molar-refractivity contribution in [3.05, 3.63) is 45.7 Å². The summed E-state index contributed by atoms with van der Waals surface area (Å²) in [5, 5.41) is 0. The van der Waals surface area contributed by atoms with Crippen molar-refractivity contribution in [2.45, 2.75) is 59.2 Å². The molecule has 0 radical (unpaired) electrons. The van der Waals surface area contributed by atoms with Gasteiger partial charge >= 0.3 is 5.97 Å². The molecule has 0 unspecified atom stereocenters. The van der Waals surface area contributed by atoms with Gasteiger partial charge in [0.2, 0.25) is 0 Å². The van der Waals surface area contributed by atoms with Crippen molar-refractivity contribution in [2.24, 2.45) is 5.41 Å². The number of hydrogen-bond donors (Lipinski definition) is 0. The highest BCUT2D eigenvalue weighted by Crippen LogP contribution is 2.42. The van der Waals surface area contributed by atoms with Crippen molar-refractivity contribution >= 4 is 5.97 Å². The molecule has 2 saturated heterocycles. The number of rotatable bonds is 4. The van der Waals surface area contributed by atoms with Crippen LogP contribution in [0.4, 0.5) is 0 Å². The van der Waals surface area contributed by atoms with Gasteiger partial charge in [-0.1, -0.05) is 12.1 Å². The predicted octanol–water partition coefficient (Wildman–Crippen LogP) is 3.58. The first-order valence-corrected chi connectivity index (χ1v) is 11.6. The molecule has 0 aliphatic carbocycles. The Morgan fingerprint density at radius 1 is 0.967 bits per heavy atom. The molecule has 0 N–H and O–H groups in total. The van der Waals surface area contributed by atoms with Crippen LogP contribution >= 0.6 is 0 Å². The molecule has 0 aromatic heterocycles. The average Bonchev–Trinajstić information content (AvgIpc) is 3.37. The predicted molar refractivity (Wildman–Crippen MR) is 116 cm³/mol. The largest absolute Gasteiger partial charge is 0.456 e. The minimum atomic E-state index is -0.135. The molecule has 1 spiro atoms. The third kappa shape index (κ3) is 3.67. The monoisotopic (exact) mass is 410 g/mol. The Morgan fingerprint density at radius 3 is 2.40 bits per heavy atom. The van der Waals surface area contributed by atoms with Crippen LogP contribution in [0.15, 0.2) is 23.4 Å². The normalized spacial score (nSPS) is 23.9. The number of cyclic esters (lactones) is 1. The van der Waals surface area contributed by atoms with Crippen LogP contribution in [0, 0.1) is 12.3 Å². The zero-order chi connectivity index (χ0) is 20.7. The fourth-order valence-electron chi connectivity index (χ4n) is 5.81. The van der Waals surface area contributed by atoms with E-state index in [-0.39, 0.29) is 5.97 Å². The van der Waals surface area contributed by atoms with Crippen LogP contribution in [0.5, 0.6) is 0 Å². The van der Waals surface area contributed by atoms with Gasteiger partial charge in [-0.15, -0.1) is 0 Å².